The number of nitrogens with zero attached hydrogens (tertiary/aromatic N) is 3. The third kappa shape index (κ3) is 2.53. The Morgan fingerprint density at radius 2 is 2.10 bits per heavy atom. The van der Waals surface area contributed by atoms with Crippen LogP contribution in [0.15, 0.2) is 23.3 Å². The number of aromatic hydroxyl groups is 1. The topological polar surface area (TPSA) is 57.8 Å². The van der Waals surface area contributed by atoms with Gasteiger partial charge in [-0.1, -0.05) is 12.8 Å². The van der Waals surface area contributed by atoms with Crippen molar-refractivity contribution in [2.24, 2.45) is 0 Å². The van der Waals surface area contributed by atoms with Gasteiger partial charge in [0.25, 0.3) is 5.56 Å². The molecule has 0 radical (unpaired) electrons. The maximum absolute atomic E-state index is 12.6. The van der Waals surface area contributed by atoms with Crippen LogP contribution in [-0.2, 0) is 6.54 Å². The van der Waals surface area contributed by atoms with E-state index in [2.05, 4.69) is 4.98 Å². The van der Waals surface area contributed by atoms with Gasteiger partial charge >= 0.3 is 0 Å². The van der Waals surface area contributed by atoms with Crippen LogP contribution in [0.1, 0.15) is 42.7 Å². The van der Waals surface area contributed by atoms with Crippen molar-refractivity contribution >= 4 is 5.65 Å². The fourth-order valence-corrected chi connectivity index (χ4v) is 3.17. The van der Waals surface area contributed by atoms with E-state index in [-0.39, 0.29) is 11.3 Å². The molecular weight excluding hydrogens is 266 g/mol. The van der Waals surface area contributed by atoms with E-state index in [4.69, 9.17) is 0 Å². The fraction of sp³-hybridized carbons (Fsp3) is 0.500. The first-order chi connectivity index (χ1) is 10.1. The van der Waals surface area contributed by atoms with Gasteiger partial charge in [-0.25, -0.2) is 4.98 Å². The van der Waals surface area contributed by atoms with Crippen molar-refractivity contribution in [3.63, 3.8) is 0 Å². The van der Waals surface area contributed by atoms with Crippen molar-refractivity contribution in [1.82, 2.24) is 14.3 Å². The highest BCUT2D eigenvalue weighted by molar-refractivity contribution is 5.56. The van der Waals surface area contributed by atoms with E-state index in [9.17, 15) is 9.90 Å². The summed E-state index contributed by atoms with van der Waals surface area (Å²) in [5, 5.41) is 10.3. The summed E-state index contributed by atoms with van der Waals surface area (Å²) in [4.78, 5) is 18.9. The summed E-state index contributed by atoms with van der Waals surface area (Å²) < 4.78 is 1.47. The van der Waals surface area contributed by atoms with E-state index in [1.807, 2.05) is 19.0 Å². The van der Waals surface area contributed by atoms with Crippen LogP contribution in [0.2, 0.25) is 0 Å². The van der Waals surface area contributed by atoms with Crippen LogP contribution in [0, 0.1) is 0 Å². The molecule has 0 atom stereocenters. The molecule has 0 spiro atoms. The van der Waals surface area contributed by atoms with Crippen molar-refractivity contribution in [3.05, 3.63) is 39.9 Å². The van der Waals surface area contributed by atoms with Crippen molar-refractivity contribution in [2.45, 2.75) is 38.1 Å². The van der Waals surface area contributed by atoms with Crippen LogP contribution in [0.3, 0.4) is 0 Å². The van der Waals surface area contributed by atoms with Gasteiger partial charge in [-0.05, 0) is 38.9 Å². The van der Waals surface area contributed by atoms with E-state index < -0.39 is 0 Å². The van der Waals surface area contributed by atoms with Gasteiger partial charge in [-0.2, -0.15) is 0 Å². The van der Waals surface area contributed by atoms with Crippen molar-refractivity contribution in [2.75, 3.05) is 14.1 Å². The zero-order valence-electron chi connectivity index (χ0n) is 12.5. The predicted octanol–water partition coefficient (Wildman–Crippen LogP) is 2.12. The minimum absolute atomic E-state index is 0.0430. The van der Waals surface area contributed by atoms with Crippen molar-refractivity contribution in [1.29, 1.82) is 0 Å². The molecule has 2 heterocycles. The lowest BCUT2D eigenvalue weighted by Gasteiger charge is -2.14. The molecule has 0 unspecified atom stereocenters. The average Bonchev–Trinajstić information content (AvgIpc) is 2.96. The Morgan fingerprint density at radius 1 is 1.38 bits per heavy atom. The molecule has 0 aromatic carbocycles. The summed E-state index contributed by atoms with van der Waals surface area (Å²) in [5.41, 5.74) is 1.87. The molecule has 0 bridgehead atoms. The molecular formula is C16H21N3O2. The van der Waals surface area contributed by atoms with E-state index in [1.54, 1.807) is 18.5 Å². The average molecular weight is 287 g/mol. The molecule has 0 amide bonds. The van der Waals surface area contributed by atoms with Crippen molar-refractivity contribution in [3.8, 4) is 5.75 Å². The summed E-state index contributed by atoms with van der Waals surface area (Å²) in [5.74, 6) is 0.423. The lowest BCUT2D eigenvalue weighted by Crippen LogP contribution is -2.21. The van der Waals surface area contributed by atoms with Gasteiger partial charge < -0.3 is 10.0 Å². The SMILES string of the molecule is CN(C)Cc1ccn2c(=O)c(C3CCCC3)cnc2c1O. The van der Waals surface area contributed by atoms with Crippen molar-refractivity contribution < 1.29 is 5.11 Å². The molecule has 5 heteroatoms. The lowest BCUT2D eigenvalue weighted by molar-refractivity contribution is 0.386. The maximum Gasteiger partial charge on any atom is 0.261 e. The fourth-order valence-electron chi connectivity index (χ4n) is 3.17. The van der Waals surface area contributed by atoms with Crippen LogP contribution >= 0.6 is 0 Å². The van der Waals surface area contributed by atoms with Gasteiger partial charge in [0.15, 0.2) is 11.4 Å². The molecule has 0 aliphatic heterocycles. The highest BCUT2D eigenvalue weighted by Gasteiger charge is 2.22. The molecule has 1 aliphatic rings. The molecule has 1 fully saturated rings. The van der Waals surface area contributed by atoms with E-state index >= 15 is 0 Å². The monoisotopic (exact) mass is 287 g/mol. The highest BCUT2D eigenvalue weighted by atomic mass is 16.3. The van der Waals surface area contributed by atoms with Gasteiger partial charge in [0.2, 0.25) is 0 Å². The zero-order valence-corrected chi connectivity index (χ0v) is 12.5. The summed E-state index contributed by atoms with van der Waals surface area (Å²) in [6, 6.07) is 1.80. The first-order valence-corrected chi connectivity index (χ1v) is 7.45. The first kappa shape index (κ1) is 14.1. The molecule has 1 saturated carbocycles. The molecule has 5 nitrogen and oxygen atoms in total. The zero-order chi connectivity index (χ0) is 15.0. The van der Waals surface area contributed by atoms with Gasteiger partial charge in [0.05, 0.1) is 0 Å². The molecule has 0 saturated heterocycles. The minimum Gasteiger partial charge on any atom is -0.504 e. The van der Waals surface area contributed by atoms with Crippen LogP contribution in [0.25, 0.3) is 5.65 Å². The predicted molar refractivity (Wildman–Crippen MR) is 81.7 cm³/mol. The molecule has 1 aliphatic carbocycles. The number of fused-ring (bicyclic) bond motifs is 1. The maximum atomic E-state index is 12.6. The van der Waals surface area contributed by atoms with E-state index in [0.717, 1.165) is 24.0 Å². The Kier molecular flexibility index (Phi) is 3.68. The van der Waals surface area contributed by atoms with E-state index in [1.165, 1.54) is 17.2 Å². The summed E-state index contributed by atoms with van der Waals surface area (Å²) in [6.07, 6.45) is 7.87. The van der Waals surface area contributed by atoms with Crippen LogP contribution in [0.5, 0.6) is 5.75 Å². The lowest BCUT2D eigenvalue weighted by atomic mass is 10.0. The van der Waals surface area contributed by atoms with Gasteiger partial charge in [-0.3, -0.25) is 9.20 Å². The Bertz CT molecular complexity index is 715. The van der Waals surface area contributed by atoms with Crippen LogP contribution < -0.4 is 5.56 Å². The van der Waals surface area contributed by atoms with Crippen LogP contribution in [-0.4, -0.2) is 33.5 Å². The number of aromatic nitrogens is 2. The number of pyridine rings is 1. The minimum atomic E-state index is -0.0430. The van der Waals surface area contributed by atoms with Gasteiger partial charge in [-0.15, -0.1) is 0 Å². The van der Waals surface area contributed by atoms with Gasteiger partial charge in [0, 0.05) is 30.1 Å². The summed E-state index contributed by atoms with van der Waals surface area (Å²) in [6.45, 7) is 0.614. The smallest absolute Gasteiger partial charge is 0.261 e. The standard InChI is InChI=1S/C16H21N3O2/c1-18(2)10-12-7-8-19-15(14(12)20)17-9-13(16(19)21)11-5-3-4-6-11/h7-9,11,20H,3-6,10H2,1-2H3. The largest absolute Gasteiger partial charge is 0.504 e. The quantitative estimate of drug-likeness (QED) is 0.939. The van der Waals surface area contributed by atoms with E-state index in [0.29, 0.717) is 18.1 Å². The summed E-state index contributed by atoms with van der Waals surface area (Å²) >= 11 is 0. The number of rotatable bonds is 3. The van der Waals surface area contributed by atoms with Gasteiger partial charge in [0.1, 0.15) is 0 Å². The number of hydrogen-bond acceptors (Lipinski definition) is 4. The molecule has 2 aromatic heterocycles. The molecule has 21 heavy (non-hydrogen) atoms. The van der Waals surface area contributed by atoms with Crippen LogP contribution in [0.4, 0.5) is 0 Å². The molecule has 3 rings (SSSR count). The highest BCUT2D eigenvalue weighted by Crippen LogP contribution is 2.32. The summed E-state index contributed by atoms with van der Waals surface area (Å²) in [7, 11) is 3.87. The Balaban J connectivity index is 2.10. The Morgan fingerprint density at radius 3 is 2.76 bits per heavy atom. The third-order valence-electron chi connectivity index (χ3n) is 4.24. The Labute approximate surface area is 123 Å². The second kappa shape index (κ2) is 5.48. The Hall–Kier alpha value is -1.88. The second-order valence-corrected chi connectivity index (χ2v) is 6.12. The number of hydrogen-bond donors (Lipinski definition) is 1. The first-order valence-electron chi connectivity index (χ1n) is 7.45. The molecule has 112 valence electrons. The third-order valence-corrected chi connectivity index (χ3v) is 4.24. The normalized spacial score (nSPS) is 16.1. The molecule has 2 aromatic rings. The second-order valence-electron chi connectivity index (χ2n) is 6.12. The molecule has 1 N–H and O–H groups in total.